The molecule has 1 amide bonds. The molecule has 0 unspecified atom stereocenters. The maximum atomic E-state index is 13.2. The number of esters is 1. The summed E-state index contributed by atoms with van der Waals surface area (Å²) in [4.78, 5) is 37.6. The molecule has 148 valence electrons. The molecule has 0 saturated carbocycles. The van der Waals surface area contributed by atoms with Crippen molar-refractivity contribution in [2.75, 3.05) is 11.9 Å². The van der Waals surface area contributed by atoms with E-state index >= 15 is 0 Å². The van der Waals surface area contributed by atoms with Gasteiger partial charge in [-0.15, -0.1) is 0 Å². The summed E-state index contributed by atoms with van der Waals surface area (Å²) in [6.07, 6.45) is 0. The van der Waals surface area contributed by atoms with E-state index in [1.807, 2.05) is 0 Å². The van der Waals surface area contributed by atoms with Gasteiger partial charge in [0.1, 0.15) is 5.82 Å². The van der Waals surface area contributed by atoms with Crippen molar-refractivity contribution >= 4 is 17.6 Å². The van der Waals surface area contributed by atoms with Gasteiger partial charge in [0.15, 0.2) is 5.69 Å². The number of hydrogen-bond donors (Lipinski definition) is 1. The number of aryl methyl sites for hydroxylation is 1. The number of nitrogens with one attached hydrogen (secondary N) is 1. The Bertz CT molecular complexity index is 1120. The molecule has 0 aliphatic heterocycles. The molecule has 0 fully saturated rings. The molecule has 7 nitrogen and oxygen atoms in total. The number of hydrogen-bond acceptors (Lipinski definition) is 5. The van der Waals surface area contributed by atoms with Crippen LogP contribution in [0.2, 0.25) is 0 Å². The zero-order chi connectivity index (χ0) is 21.0. The summed E-state index contributed by atoms with van der Waals surface area (Å²) in [5.41, 5.74) is 0.474. The molecule has 2 aromatic carbocycles. The fraction of sp³-hybridized carbons (Fsp3) is 0.143. The van der Waals surface area contributed by atoms with Gasteiger partial charge in [0.05, 0.1) is 18.0 Å². The molecule has 29 heavy (non-hydrogen) atoms. The summed E-state index contributed by atoms with van der Waals surface area (Å²) in [6.45, 7) is 3.48. The van der Waals surface area contributed by atoms with Crippen molar-refractivity contribution in [1.29, 1.82) is 0 Å². The fourth-order valence-electron chi connectivity index (χ4n) is 2.69. The first-order valence-electron chi connectivity index (χ1n) is 8.85. The summed E-state index contributed by atoms with van der Waals surface area (Å²) < 4.78 is 19.1. The van der Waals surface area contributed by atoms with Crippen LogP contribution in [0.1, 0.15) is 33.3 Å². The number of aromatic nitrogens is 2. The van der Waals surface area contributed by atoms with Gasteiger partial charge >= 0.3 is 5.97 Å². The van der Waals surface area contributed by atoms with Gasteiger partial charge in [0, 0.05) is 11.6 Å². The smallest absolute Gasteiger partial charge is 0.360 e. The van der Waals surface area contributed by atoms with Crippen molar-refractivity contribution in [2.24, 2.45) is 0 Å². The molecule has 8 heteroatoms. The standard InChI is InChI=1S/C21H18FN3O4/c1-3-29-21(28)19-17(23-20(27)16-7-5-4-6-13(16)2)12-18(26)25(24-19)15-10-8-14(22)9-11-15/h4-12H,3H2,1-2H3,(H,23,27). The van der Waals surface area contributed by atoms with E-state index in [1.54, 1.807) is 38.1 Å². The highest BCUT2D eigenvalue weighted by Gasteiger charge is 2.21. The predicted molar refractivity (Wildman–Crippen MR) is 105 cm³/mol. The first-order valence-corrected chi connectivity index (χ1v) is 8.85. The summed E-state index contributed by atoms with van der Waals surface area (Å²) in [5.74, 6) is -1.77. The molecular formula is C21H18FN3O4. The summed E-state index contributed by atoms with van der Waals surface area (Å²) in [5, 5.41) is 6.61. The maximum Gasteiger partial charge on any atom is 0.360 e. The third-order valence-electron chi connectivity index (χ3n) is 4.11. The topological polar surface area (TPSA) is 90.3 Å². The minimum atomic E-state index is -0.802. The Labute approximate surface area is 165 Å². The zero-order valence-electron chi connectivity index (χ0n) is 15.8. The maximum absolute atomic E-state index is 13.2. The highest BCUT2D eigenvalue weighted by Crippen LogP contribution is 2.16. The van der Waals surface area contributed by atoms with Gasteiger partial charge in [-0.1, -0.05) is 18.2 Å². The number of ether oxygens (including phenoxy) is 1. The monoisotopic (exact) mass is 395 g/mol. The van der Waals surface area contributed by atoms with E-state index in [4.69, 9.17) is 4.74 Å². The number of carbonyl (C=O) groups is 2. The average molecular weight is 395 g/mol. The fourth-order valence-corrected chi connectivity index (χ4v) is 2.69. The molecule has 3 rings (SSSR count). The van der Waals surface area contributed by atoms with Crippen molar-refractivity contribution in [3.8, 4) is 5.69 Å². The number of benzene rings is 2. The van der Waals surface area contributed by atoms with E-state index in [2.05, 4.69) is 10.4 Å². The molecule has 1 heterocycles. The van der Waals surface area contributed by atoms with Crippen molar-refractivity contribution in [3.05, 3.63) is 87.6 Å². The van der Waals surface area contributed by atoms with E-state index < -0.39 is 23.3 Å². The minimum absolute atomic E-state index is 0.0694. The number of nitrogens with zero attached hydrogens (tertiary/aromatic N) is 2. The van der Waals surface area contributed by atoms with Crippen LogP contribution in [0.3, 0.4) is 0 Å². The molecule has 0 atom stereocenters. The summed E-state index contributed by atoms with van der Waals surface area (Å²) in [6, 6.07) is 13.0. The molecule has 0 aliphatic carbocycles. The summed E-state index contributed by atoms with van der Waals surface area (Å²) >= 11 is 0. The number of rotatable bonds is 5. The van der Waals surface area contributed by atoms with E-state index in [1.165, 1.54) is 24.3 Å². The largest absolute Gasteiger partial charge is 0.461 e. The van der Waals surface area contributed by atoms with Gasteiger partial charge in [0.25, 0.3) is 11.5 Å². The van der Waals surface area contributed by atoms with Gasteiger partial charge in [-0.05, 0) is 49.7 Å². The molecule has 0 saturated heterocycles. The van der Waals surface area contributed by atoms with Gasteiger partial charge in [-0.2, -0.15) is 9.78 Å². The van der Waals surface area contributed by atoms with Crippen LogP contribution in [-0.4, -0.2) is 28.3 Å². The lowest BCUT2D eigenvalue weighted by molar-refractivity contribution is 0.0518. The Balaban J connectivity index is 2.06. The lowest BCUT2D eigenvalue weighted by Gasteiger charge is -2.13. The molecule has 0 bridgehead atoms. The molecular weight excluding hydrogens is 377 g/mol. The van der Waals surface area contributed by atoms with Crippen LogP contribution in [-0.2, 0) is 4.74 Å². The normalized spacial score (nSPS) is 10.4. The van der Waals surface area contributed by atoms with E-state index in [-0.39, 0.29) is 23.7 Å². The van der Waals surface area contributed by atoms with E-state index in [0.29, 0.717) is 5.56 Å². The Kier molecular flexibility index (Phi) is 5.82. The van der Waals surface area contributed by atoms with Gasteiger partial charge < -0.3 is 10.1 Å². The second kappa shape index (κ2) is 8.47. The number of amides is 1. The van der Waals surface area contributed by atoms with Crippen LogP contribution in [0.15, 0.2) is 59.4 Å². The van der Waals surface area contributed by atoms with Crippen LogP contribution < -0.4 is 10.9 Å². The molecule has 0 radical (unpaired) electrons. The molecule has 3 aromatic rings. The SMILES string of the molecule is CCOC(=O)c1nn(-c2ccc(F)cc2)c(=O)cc1NC(=O)c1ccccc1C. The lowest BCUT2D eigenvalue weighted by atomic mass is 10.1. The average Bonchev–Trinajstić information content (AvgIpc) is 2.69. The Morgan fingerprint density at radius 3 is 2.48 bits per heavy atom. The quantitative estimate of drug-likeness (QED) is 0.671. The summed E-state index contributed by atoms with van der Waals surface area (Å²) in [7, 11) is 0. The van der Waals surface area contributed by atoms with Gasteiger partial charge in [-0.3, -0.25) is 9.59 Å². The van der Waals surface area contributed by atoms with Crippen LogP contribution in [0.25, 0.3) is 5.69 Å². The first kappa shape index (κ1) is 19.9. The van der Waals surface area contributed by atoms with Crippen molar-refractivity contribution in [3.63, 3.8) is 0 Å². The number of carbonyl (C=O) groups excluding carboxylic acids is 2. The van der Waals surface area contributed by atoms with Crippen molar-refractivity contribution in [2.45, 2.75) is 13.8 Å². The Morgan fingerprint density at radius 2 is 1.83 bits per heavy atom. The third-order valence-corrected chi connectivity index (χ3v) is 4.11. The highest BCUT2D eigenvalue weighted by molar-refractivity contribution is 6.08. The van der Waals surface area contributed by atoms with Crippen LogP contribution in [0.5, 0.6) is 0 Å². The highest BCUT2D eigenvalue weighted by atomic mass is 19.1. The van der Waals surface area contributed by atoms with Crippen LogP contribution >= 0.6 is 0 Å². The second-order valence-electron chi connectivity index (χ2n) is 6.12. The zero-order valence-corrected chi connectivity index (χ0v) is 15.8. The minimum Gasteiger partial charge on any atom is -0.461 e. The Morgan fingerprint density at radius 1 is 1.14 bits per heavy atom. The number of anilines is 1. The van der Waals surface area contributed by atoms with E-state index in [0.717, 1.165) is 16.3 Å². The lowest BCUT2D eigenvalue weighted by Crippen LogP contribution is -2.27. The van der Waals surface area contributed by atoms with Gasteiger partial charge in [-0.25, -0.2) is 9.18 Å². The van der Waals surface area contributed by atoms with Crippen LogP contribution in [0.4, 0.5) is 10.1 Å². The molecule has 0 spiro atoms. The van der Waals surface area contributed by atoms with Crippen LogP contribution in [0, 0.1) is 12.7 Å². The molecule has 1 aromatic heterocycles. The third kappa shape index (κ3) is 4.37. The molecule has 0 aliphatic rings. The number of halogens is 1. The second-order valence-corrected chi connectivity index (χ2v) is 6.12. The van der Waals surface area contributed by atoms with Crippen molar-refractivity contribution < 1.29 is 18.7 Å². The van der Waals surface area contributed by atoms with Gasteiger partial charge in [0.2, 0.25) is 0 Å². The van der Waals surface area contributed by atoms with Crippen molar-refractivity contribution in [1.82, 2.24) is 9.78 Å². The molecule has 1 N–H and O–H groups in total. The first-order chi connectivity index (χ1) is 13.9. The van der Waals surface area contributed by atoms with E-state index in [9.17, 15) is 18.8 Å². The predicted octanol–water partition coefficient (Wildman–Crippen LogP) is 3.11. The Hall–Kier alpha value is -3.81.